The minimum Gasteiger partial charge on any atom is -0.383 e. The molecule has 0 aliphatic rings. The van der Waals surface area contributed by atoms with Gasteiger partial charge in [-0.1, -0.05) is 44.2 Å². The summed E-state index contributed by atoms with van der Waals surface area (Å²) in [5.74, 6) is 0. The van der Waals surface area contributed by atoms with Crippen LogP contribution in [0.5, 0.6) is 0 Å². The van der Waals surface area contributed by atoms with Crippen LogP contribution in [-0.4, -0.2) is 22.5 Å². The van der Waals surface area contributed by atoms with Crippen LogP contribution in [-0.2, 0) is 0 Å². The van der Waals surface area contributed by atoms with Gasteiger partial charge in [-0.15, -0.1) is 0 Å². The first kappa shape index (κ1) is 14.2. The van der Waals surface area contributed by atoms with Crippen molar-refractivity contribution in [3.8, 4) is 0 Å². The van der Waals surface area contributed by atoms with E-state index in [0.717, 1.165) is 5.56 Å². The second-order valence-electron chi connectivity index (χ2n) is 4.04. The van der Waals surface area contributed by atoms with E-state index in [2.05, 4.69) is 10.5 Å². The highest BCUT2D eigenvalue weighted by Crippen LogP contribution is 2.21. The van der Waals surface area contributed by atoms with Gasteiger partial charge in [0.05, 0.1) is 5.71 Å². The monoisotopic (exact) mass is 249 g/mol. The summed E-state index contributed by atoms with van der Waals surface area (Å²) < 4.78 is 0. The highest BCUT2D eigenvalue weighted by molar-refractivity contribution is 6.06. The Hall–Kier alpha value is -1.88. The summed E-state index contributed by atoms with van der Waals surface area (Å²) >= 11 is 0. The molecule has 18 heavy (non-hydrogen) atoms. The number of rotatable bonds is 5. The number of hydrogen-bond acceptors (Lipinski definition) is 3. The molecule has 0 fully saturated rings. The Labute approximate surface area is 107 Å². The molecule has 0 saturated heterocycles. The third-order valence-electron chi connectivity index (χ3n) is 2.94. The summed E-state index contributed by atoms with van der Waals surface area (Å²) in [4.78, 5) is 10.8. The number of nitrogens with zero attached hydrogens (tertiary/aromatic N) is 1. The van der Waals surface area contributed by atoms with Gasteiger partial charge in [0.25, 0.3) is 0 Å². The standard InChI is InChI=1S/C13H19N3O2/c1-3-13(18,4-2)11(15-16-12(14)17)10-8-6-5-7-9-10/h5-9,18H,3-4H2,1-2H3,(H3,14,16,17)/b15-11-. The lowest BCUT2D eigenvalue weighted by atomic mass is 9.87. The zero-order valence-corrected chi connectivity index (χ0v) is 10.7. The van der Waals surface area contributed by atoms with Crippen molar-refractivity contribution in [3.63, 3.8) is 0 Å². The summed E-state index contributed by atoms with van der Waals surface area (Å²) in [5.41, 5.74) is 7.30. The molecule has 0 bridgehead atoms. The lowest BCUT2D eigenvalue weighted by Crippen LogP contribution is -2.40. The van der Waals surface area contributed by atoms with Gasteiger partial charge < -0.3 is 10.8 Å². The van der Waals surface area contributed by atoms with Crippen molar-refractivity contribution in [2.24, 2.45) is 10.8 Å². The van der Waals surface area contributed by atoms with Crippen LogP contribution in [0.25, 0.3) is 0 Å². The van der Waals surface area contributed by atoms with Crippen LogP contribution in [0.15, 0.2) is 35.4 Å². The second-order valence-corrected chi connectivity index (χ2v) is 4.04. The van der Waals surface area contributed by atoms with E-state index in [-0.39, 0.29) is 0 Å². The van der Waals surface area contributed by atoms with Crippen molar-refractivity contribution < 1.29 is 9.90 Å². The number of benzene rings is 1. The third kappa shape index (κ3) is 3.30. The molecule has 98 valence electrons. The van der Waals surface area contributed by atoms with Crippen LogP contribution < -0.4 is 11.2 Å². The number of nitrogens with one attached hydrogen (secondary N) is 1. The van der Waals surface area contributed by atoms with Crippen LogP contribution in [0.1, 0.15) is 32.3 Å². The summed E-state index contributed by atoms with van der Waals surface area (Å²) in [7, 11) is 0. The highest BCUT2D eigenvalue weighted by Gasteiger charge is 2.30. The van der Waals surface area contributed by atoms with Gasteiger partial charge in [0.2, 0.25) is 0 Å². The summed E-state index contributed by atoms with van der Waals surface area (Å²) in [6.45, 7) is 3.73. The average molecular weight is 249 g/mol. The maximum atomic E-state index is 10.8. The number of aliphatic hydroxyl groups is 1. The van der Waals surface area contributed by atoms with Crippen LogP contribution >= 0.6 is 0 Å². The first-order valence-corrected chi connectivity index (χ1v) is 5.95. The van der Waals surface area contributed by atoms with Gasteiger partial charge >= 0.3 is 6.03 Å². The molecule has 5 heteroatoms. The molecule has 0 spiro atoms. The first-order chi connectivity index (χ1) is 8.53. The number of urea groups is 1. The van der Waals surface area contributed by atoms with Crippen molar-refractivity contribution >= 4 is 11.7 Å². The first-order valence-electron chi connectivity index (χ1n) is 5.95. The van der Waals surface area contributed by atoms with E-state index in [9.17, 15) is 9.90 Å². The molecule has 0 atom stereocenters. The Bertz CT molecular complexity index is 425. The van der Waals surface area contributed by atoms with E-state index in [1.807, 2.05) is 44.2 Å². The summed E-state index contributed by atoms with van der Waals surface area (Å²) in [6, 6.07) is 8.48. The zero-order chi connectivity index (χ0) is 13.6. The normalized spacial score (nSPS) is 12.3. The Kier molecular flexibility index (Phi) is 4.85. The number of hydrogen-bond donors (Lipinski definition) is 3. The van der Waals surface area contributed by atoms with Crippen molar-refractivity contribution in [2.45, 2.75) is 32.3 Å². The van der Waals surface area contributed by atoms with Gasteiger partial charge in [-0.25, -0.2) is 10.2 Å². The molecule has 0 unspecified atom stereocenters. The SMILES string of the molecule is CCC(O)(CC)/C(=N\NC(N)=O)c1ccccc1. The Balaban J connectivity index is 3.18. The minimum absolute atomic E-state index is 0.423. The predicted molar refractivity (Wildman–Crippen MR) is 71.2 cm³/mol. The topological polar surface area (TPSA) is 87.7 Å². The molecule has 0 aliphatic carbocycles. The zero-order valence-electron chi connectivity index (χ0n) is 10.7. The van der Waals surface area contributed by atoms with Crippen LogP contribution in [0.4, 0.5) is 4.79 Å². The fourth-order valence-electron chi connectivity index (χ4n) is 1.73. The lowest BCUT2D eigenvalue weighted by molar-refractivity contribution is 0.104. The Morgan fingerprint density at radius 2 is 1.89 bits per heavy atom. The number of carbonyl (C=O) groups excluding carboxylic acids is 1. The molecule has 2 amide bonds. The molecule has 0 heterocycles. The van der Waals surface area contributed by atoms with Crippen molar-refractivity contribution in [2.75, 3.05) is 0 Å². The number of nitrogens with two attached hydrogens (primary N) is 1. The molecule has 0 radical (unpaired) electrons. The van der Waals surface area contributed by atoms with Crippen LogP contribution in [0, 0.1) is 0 Å². The Morgan fingerprint density at radius 3 is 2.33 bits per heavy atom. The molecular formula is C13H19N3O2. The van der Waals surface area contributed by atoms with Gasteiger partial charge in [-0.05, 0) is 12.8 Å². The van der Waals surface area contributed by atoms with Gasteiger partial charge in [0.15, 0.2) is 0 Å². The highest BCUT2D eigenvalue weighted by atomic mass is 16.3. The van der Waals surface area contributed by atoms with Crippen LogP contribution in [0.3, 0.4) is 0 Å². The number of carbonyl (C=O) groups is 1. The molecule has 0 saturated carbocycles. The van der Waals surface area contributed by atoms with Gasteiger partial charge in [-0.3, -0.25) is 0 Å². The van der Waals surface area contributed by atoms with Crippen molar-refractivity contribution in [3.05, 3.63) is 35.9 Å². The lowest BCUT2D eigenvalue weighted by Gasteiger charge is -2.27. The van der Waals surface area contributed by atoms with E-state index in [4.69, 9.17) is 5.73 Å². The smallest absolute Gasteiger partial charge is 0.332 e. The van der Waals surface area contributed by atoms with Gasteiger partial charge in [0, 0.05) is 5.56 Å². The number of primary amides is 1. The minimum atomic E-state index is -1.08. The third-order valence-corrected chi connectivity index (χ3v) is 2.94. The molecule has 4 N–H and O–H groups in total. The van der Waals surface area contributed by atoms with Crippen molar-refractivity contribution in [1.82, 2.24) is 5.43 Å². The van der Waals surface area contributed by atoms with E-state index in [0.29, 0.717) is 18.6 Å². The quantitative estimate of drug-likeness (QED) is 0.547. The van der Waals surface area contributed by atoms with Crippen LogP contribution in [0.2, 0.25) is 0 Å². The summed E-state index contributed by atoms with van der Waals surface area (Å²) in [6.07, 6.45) is 0.995. The van der Waals surface area contributed by atoms with Crippen molar-refractivity contribution in [1.29, 1.82) is 0 Å². The molecule has 0 aliphatic heterocycles. The maximum absolute atomic E-state index is 10.8. The van der Waals surface area contributed by atoms with E-state index < -0.39 is 11.6 Å². The fourth-order valence-corrected chi connectivity index (χ4v) is 1.73. The maximum Gasteiger partial charge on any atom is 0.332 e. The largest absolute Gasteiger partial charge is 0.383 e. The van der Waals surface area contributed by atoms with Gasteiger partial charge in [0.1, 0.15) is 5.60 Å². The Morgan fingerprint density at radius 1 is 1.33 bits per heavy atom. The van der Waals surface area contributed by atoms with E-state index >= 15 is 0 Å². The van der Waals surface area contributed by atoms with E-state index in [1.54, 1.807) is 0 Å². The molecule has 5 nitrogen and oxygen atoms in total. The molecule has 1 aromatic carbocycles. The number of hydrazone groups is 1. The fraction of sp³-hybridized carbons (Fsp3) is 0.385. The summed E-state index contributed by atoms with van der Waals surface area (Å²) in [5, 5.41) is 14.5. The molecule has 1 aromatic rings. The second kappa shape index (κ2) is 6.16. The van der Waals surface area contributed by atoms with E-state index in [1.165, 1.54) is 0 Å². The predicted octanol–water partition coefficient (Wildman–Crippen LogP) is 1.61. The molecule has 0 aromatic heterocycles. The molecular weight excluding hydrogens is 230 g/mol. The van der Waals surface area contributed by atoms with Gasteiger partial charge in [-0.2, -0.15) is 5.10 Å². The number of amides is 2. The average Bonchev–Trinajstić information content (AvgIpc) is 2.39. The molecule has 1 rings (SSSR count).